The Balaban J connectivity index is 2.18. The van der Waals surface area contributed by atoms with Crippen LogP contribution in [0.4, 0.5) is 0 Å². The first-order chi connectivity index (χ1) is 9.02. The van der Waals surface area contributed by atoms with Gasteiger partial charge in [-0.1, -0.05) is 26.0 Å². The molecule has 0 saturated carbocycles. The summed E-state index contributed by atoms with van der Waals surface area (Å²) in [5, 5.41) is 3.41. The van der Waals surface area contributed by atoms with Crippen LogP contribution in [0.1, 0.15) is 32.0 Å². The topological polar surface area (TPSA) is 41.6 Å². The molecule has 2 unspecified atom stereocenters. The standard InChI is InChI=1S/C15H22N2O2/c1-10(2)8-13-15(18)17(3)14(16-13)11-6-5-7-12(9-11)19-4/h5-7,9-10,13-14,16H,8H2,1-4H3. The number of amides is 1. The molecule has 4 nitrogen and oxygen atoms in total. The Morgan fingerprint density at radius 2 is 2.16 bits per heavy atom. The fraction of sp³-hybridized carbons (Fsp3) is 0.533. The Labute approximate surface area is 114 Å². The van der Waals surface area contributed by atoms with Crippen molar-refractivity contribution in [2.24, 2.45) is 5.92 Å². The summed E-state index contributed by atoms with van der Waals surface area (Å²) in [5.74, 6) is 1.48. The van der Waals surface area contributed by atoms with Gasteiger partial charge in [0.15, 0.2) is 0 Å². The minimum absolute atomic E-state index is 0.0636. The van der Waals surface area contributed by atoms with E-state index in [1.807, 2.05) is 31.3 Å². The van der Waals surface area contributed by atoms with E-state index in [0.717, 1.165) is 17.7 Å². The number of rotatable bonds is 4. The number of carbonyl (C=O) groups is 1. The summed E-state index contributed by atoms with van der Waals surface area (Å²) in [7, 11) is 3.50. The molecule has 0 bridgehead atoms. The van der Waals surface area contributed by atoms with Crippen LogP contribution in [-0.2, 0) is 4.79 Å². The first kappa shape index (κ1) is 13.9. The van der Waals surface area contributed by atoms with Crippen molar-refractivity contribution < 1.29 is 9.53 Å². The lowest BCUT2D eigenvalue weighted by Gasteiger charge is -2.20. The summed E-state index contributed by atoms with van der Waals surface area (Å²) in [5.41, 5.74) is 1.06. The fourth-order valence-corrected chi connectivity index (χ4v) is 2.52. The van der Waals surface area contributed by atoms with Gasteiger partial charge in [0.1, 0.15) is 11.9 Å². The number of ether oxygens (including phenoxy) is 1. The zero-order valence-corrected chi connectivity index (χ0v) is 12.0. The van der Waals surface area contributed by atoms with Crippen LogP contribution in [0.25, 0.3) is 0 Å². The molecule has 0 radical (unpaired) electrons. The highest BCUT2D eigenvalue weighted by Crippen LogP contribution is 2.28. The van der Waals surface area contributed by atoms with E-state index in [1.165, 1.54) is 0 Å². The van der Waals surface area contributed by atoms with Gasteiger partial charge >= 0.3 is 0 Å². The SMILES string of the molecule is COc1cccc(C2NC(CC(C)C)C(=O)N2C)c1. The molecule has 1 saturated heterocycles. The van der Waals surface area contributed by atoms with E-state index in [-0.39, 0.29) is 18.1 Å². The van der Waals surface area contributed by atoms with Gasteiger partial charge in [0.05, 0.1) is 13.2 Å². The quantitative estimate of drug-likeness (QED) is 0.904. The number of benzene rings is 1. The monoisotopic (exact) mass is 262 g/mol. The molecule has 1 amide bonds. The van der Waals surface area contributed by atoms with E-state index in [9.17, 15) is 4.79 Å². The number of methoxy groups -OCH3 is 1. The summed E-state index contributed by atoms with van der Waals surface area (Å²) in [6.07, 6.45) is 0.801. The van der Waals surface area contributed by atoms with Gasteiger partial charge in [0, 0.05) is 7.05 Å². The summed E-state index contributed by atoms with van der Waals surface area (Å²) < 4.78 is 5.24. The van der Waals surface area contributed by atoms with E-state index >= 15 is 0 Å². The van der Waals surface area contributed by atoms with E-state index in [4.69, 9.17) is 4.74 Å². The minimum Gasteiger partial charge on any atom is -0.497 e. The van der Waals surface area contributed by atoms with Crippen molar-refractivity contribution >= 4 is 5.91 Å². The van der Waals surface area contributed by atoms with Gasteiger partial charge < -0.3 is 9.64 Å². The molecule has 1 aromatic carbocycles. The van der Waals surface area contributed by atoms with Crippen LogP contribution in [-0.4, -0.2) is 31.0 Å². The smallest absolute Gasteiger partial charge is 0.241 e. The number of likely N-dealkylation sites (N-methyl/N-ethyl adjacent to an activating group) is 1. The Kier molecular flexibility index (Phi) is 4.10. The Morgan fingerprint density at radius 1 is 1.42 bits per heavy atom. The van der Waals surface area contributed by atoms with Gasteiger partial charge in [0.2, 0.25) is 5.91 Å². The highest BCUT2D eigenvalue weighted by molar-refractivity contribution is 5.84. The fourth-order valence-electron chi connectivity index (χ4n) is 2.52. The van der Waals surface area contributed by atoms with Crippen molar-refractivity contribution in [3.05, 3.63) is 29.8 Å². The van der Waals surface area contributed by atoms with Crippen LogP contribution in [0.15, 0.2) is 24.3 Å². The van der Waals surface area contributed by atoms with Crippen LogP contribution in [0, 0.1) is 5.92 Å². The van der Waals surface area contributed by atoms with E-state index in [0.29, 0.717) is 5.92 Å². The van der Waals surface area contributed by atoms with Gasteiger partial charge in [-0.15, -0.1) is 0 Å². The highest BCUT2D eigenvalue weighted by atomic mass is 16.5. The summed E-state index contributed by atoms with van der Waals surface area (Å²) >= 11 is 0. The summed E-state index contributed by atoms with van der Waals surface area (Å²) in [4.78, 5) is 14.0. The molecule has 1 N–H and O–H groups in total. The van der Waals surface area contributed by atoms with Crippen LogP contribution in [0.2, 0.25) is 0 Å². The maximum absolute atomic E-state index is 12.2. The minimum atomic E-state index is -0.0822. The average molecular weight is 262 g/mol. The van der Waals surface area contributed by atoms with Crippen molar-refractivity contribution in [1.29, 1.82) is 0 Å². The molecule has 19 heavy (non-hydrogen) atoms. The molecule has 2 rings (SSSR count). The predicted molar refractivity (Wildman–Crippen MR) is 74.9 cm³/mol. The second-order valence-corrected chi connectivity index (χ2v) is 5.48. The molecular weight excluding hydrogens is 240 g/mol. The normalized spacial score (nSPS) is 23.2. The third-order valence-corrected chi connectivity index (χ3v) is 3.51. The van der Waals surface area contributed by atoms with Crippen molar-refractivity contribution in [2.75, 3.05) is 14.2 Å². The highest BCUT2D eigenvalue weighted by Gasteiger charge is 2.37. The zero-order chi connectivity index (χ0) is 14.0. The third-order valence-electron chi connectivity index (χ3n) is 3.51. The molecule has 1 aliphatic rings. The molecule has 0 aromatic heterocycles. The maximum Gasteiger partial charge on any atom is 0.241 e. The van der Waals surface area contributed by atoms with E-state index < -0.39 is 0 Å². The van der Waals surface area contributed by atoms with Gasteiger partial charge in [-0.25, -0.2) is 0 Å². The van der Waals surface area contributed by atoms with Crippen molar-refractivity contribution in [1.82, 2.24) is 10.2 Å². The largest absolute Gasteiger partial charge is 0.497 e. The lowest BCUT2D eigenvalue weighted by molar-refractivity contribution is -0.129. The van der Waals surface area contributed by atoms with E-state index in [1.54, 1.807) is 12.0 Å². The van der Waals surface area contributed by atoms with E-state index in [2.05, 4.69) is 19.2 Å². The number of hydrogen-bond donors (Lipinski definition) is 1. The van der Waals surface area contributed by atoms with Crippen LogP contribution < -0.4 is 10.1 Å². The lowest BCUT2D eigenvalue weighted by Crippen LogP contribution is -2.30. The van der Waals surface area contributed by atoms with Crippen LogP contribution >= 0.6 is 0 Å². The molecule has 1 heterocycles. The summed E-state index contributed by atoms with van der Waals surface area (Å²) in [6.45, 7) is 4.27. The second-order valence-electron chi connectivity index (χ2n) is 5.48. The molecule has 4 heteroatoms. The number of hydrogen-bond acceptors (Lipinski definition) is 3. The molecule has 104 valence electrons. The Morgan fingerprint density at radius 3 is 2.79 bits per heavy atom. The molecule has 0 aliphatic carbocycles. The molecule has 1 fully saturated rings. The van der Waals surface area contributed by atoms with Crippen LogP contribution in [0.3, 0.4) is 0 Å². The predicted octanol–water partition coefficient (Wildman–Crippen LogP) is 2.17. The first-order valence-corrected chi connectivity index (χ1v) is 6.69. The molecule has 1 aliphatic heterocycles. The van der Waals surface area contributed by atoms with Crippen molar-refractivity contribution in [3.8, 4) is 5.75 Å². The molecule has 1 aromatic rings. The zero-order valence-electron chi connectivity index (χ0n) is 12.0. The summed E-state index contributed by atoms with van der Waals surface area (Å²) in [6, 6.07) is 7.76. The van der Waals surface area contributed by atoms with Crippen molar-refractivity contribution in [2.45, 2.75) is 32.5 Å². The van der Waals surface area contributed by atoms with Crippen LogP contribution in [0.5, 0.6) is 5.75 Å². The third kappa shape index (κ3) is 2.89. The molecular formula is C15H22N2O2. The average Bonchev–Trinajstić information content (AvgIpc) is 2.67. The second kappa shape index (κ2) is 5.61. The number of carbonyl (C=O) groups excluding carboxylic acids is 1. The number of nitrogens with zero attached hydrogens (tertiary/aromatic N) is 1. The Hall–Kier alpha value is -1.55. The van der Waals surface area contributed by atoms with Gasteiger partial charge in [0.25, 0.3) is 0 Å². The van der Waals surface area contributed by atoms with Gasteiger partial charge in [-0.3, -0.25) is 10.1 Å². The van der Waals surface area contributed by atoms with Gasteiger partial charge in [-0.05, 0) is 30.0 Å². The first-order valence-electron chi connectivity index (χ1n) is 6.69. The Bertz CT molecular complexity index is 459. The number of nitrogens with one attached hydrogen (secondary N) is 1. The van der Waals surface area contributed by atoms with Crippen molar-refractivity contribution in [3.63, 3.8) is 0 Å². The molecule has 0 spiro atoms. The maximum atomic E-state index is 12.2. The van der Waals surface area contributed by atoms with Gasteiger partial charge in [-0.2, -0.15) is 0 Å². The lowest BCUT2D eigenvalue weighted by atomic mass is 10.0. The molecule has 2 atom stereocenters.